The summed E-state index contributed by atoms with van der Waals surface area (Å²) in [6, 6.07) is 9.66. The number of nitrogens with zero attached hydrogens (tertiary/aromatic N) is 1. The number of nitro groups is 1. The van der Waals surface area contributed by atoms with Gasteiger partial charge >= 0.3 is 0 Å². The number of halogens is 1. The van der Waals surface area contributed by atoms with Crippen molar-refractivity contribution in [1.29, 1.82) is 0 Å². The van der Waals surface area contributed by atoms with E-state index >= 15 is 0 Å². The highest BCUT2D eigenvalue weighted by molar-refractivity contribution is 5.51. The van der Waals surface area contributed by atoms with Crippen LogP contribution in [0.3, 0.4) is 0 Å². The molecule has 0 saturated heterocycles. The van der Waals surface area contributed by atoms with Gasteiger partial charge in [-0.25, -0.2) is 4.39 Å². The monoisotopic (exact) mass is 288 g/mol. The van der Waals surface area contributed by atoms with Crippen LogP contribution in [0.15, 0.2) is 36.4 Å². The van der Waals surface area contributed by atoms with Crippen molar-refractivity contribution >= 4 is 11.4 Å². The first-order valence-corrected chi connectivity index (χ1v) is 6.65. The summed E-state index contributed by atoms with van der Waals surface area (Å²) in [7, 11) is 0. The van der Waals surface area contributed by atoms with Crippen LogP contribution >= 0.6 is 0 Å². The van der Waals surface area contributed by atoms with Crippen molar-refractivity contribution in [2.24, 2.45) is 0 Å². The average Bonchev–Trinajstić information content (AvgIpc) is 2.39. The summed E-state index contributed by atoms with van der Waals surface area (Å²) in [5, 5.41) is 13.7. The minimum atomic E-state index is -0.625. The van der Waals surface area contributed by atoms with Gasteiger partial charge in [-0.05, 0) is 32.4 Å². The number of benzene rings is 2. The van der Waals surface area contributed by atoms with E-state index in [1.54, 1.807) is 0 Å². The Morgan fingerprint density at radius 2 is 1.76 bits per heavy atom. The van der Waals surface area contributed by atoms with Crippen LogP contribution in [0.2, 0.25) is 0 Å². The third-order valence-corrected chi connectivity index (χ3v) is 3.28. The summed E-state index contributed by atoms with van der Waals surface area (Å²) >= 11 is 0. The third-order valence-electron chi connectivity index (χ3n) is 3.28. The summed E-state index contributed by atoms with van der Waals surface area (Å²) in [4.78, 5) is 9.99. The zero-order valence-electron chi connectivity index (χ0n) is 12.2. The Hall–Kier alpha value is -2.43. The lowest BCUT2D eigenvalue weighted by atomic mass is 10.0. The Balaban J connectivity index is 2.23. The minimum absolute atomic E-state index is 0.0976. The topological polar surface area (TPSA) is 55.2 Å². The lowest BCUT2D eigenvalue weighted by molar-refractivity contribution is -0.385. The summed E-state index contributed by atoms with van der Waals surface area (Å²) in [5.41, 5.74) is 3.33. The van der Waals surface area contributed by atoms with Gasteiger partial charge in [0.25, 0.3) is 5.69 Å². The Morgan fingerprint density at radius 3 is 2.29 bits per heavy atom. The second kappa shape index (κ2) is 5.91. The summed E-state index contributed by atoms with van der Waals surface area (Å²) < 4.78 is 13.9. The number of anilines is 1. The van der Waals surface area contributed by atoms with E-state index in [4.69, 9.17) is 0 Å². The molecule has 21 heavy (non-hydrogen) atoms. The van der Waals surface area contributed by atoms with E-state index in [1.165, 1.54) is 12.1 Å². The van der Waals surface area contributed by atoms with Crippen molar-refractivity contribution in [1.82, 2.24) is 0 Å². The molecule has 1 N–H and O–H groups in total. The molecule has 5 heteroatoms. The van der Waals surface area contributed by atoms with E-state index in [-0.39, 0.29) is 17.4 Å². The summed E-state index contributed by atoms with van der Waals surface area (Å²) in [6.07, 6.45) is 0. The van der Waals surface area contributed by atoms with Crippen LogP contribution in [-0.4, -0.2) is 4.92 Å². The molecule has 0 radical (unpaired) electrons. The number of nitrogens with one attached hydrogen (secondary N) is 1. The van der Waals surface area contributed by atoms with Gasteiger partial charge in [-0.2, -0.15) is 0 Å². The van der Waals surface area contributed by atoms with E-state index in [2.05, 4.69) is 11.4 Å². The maximum Gasteiger partial charge on any atom is 0.272 e. The highest BCUT2D eigenvalue weighted by Gasteiger charge is 2.13. The van der Waals surface area contributed by atoms with Gasteiger partial charge < -0.3 is 5.32 Å². The van der Waals surface area contributed by atoms with Gasteiger partial charge in [0.1, 0.15) is 0 Å². The van der Waals surface area contributed by atoms with E-state index in [0.717, 1.165) is 22.8 Å². The molecule has 0 aromatic heterocycles. The van der Waals surface area contributed by atoms with Crippen molar-refractivity contribution in [3.8, 4) is 0 Å². The van der Waals surface area contributed by atoms with E-state index in [1.807, 2.05) is 32.9 Å². The van der Waals surface area contributed by atoms with Gasteiger partial charge in [0.2, 0.25) is 0 Å². The van der Waals surface area contributed by atoms with Gasteiger partial charge in [0.05, 0.1) is 16.7 Å². The van der Waals surface area contributed by atoms with Crippen LogP contribution in [0.25, 0.3) is 0 Å². The molecular formula is C16H17FN2O2. The molecule has 2 rings (SSSR count). The van der Waals surface area contributed by atoms with Crippen LogP contribution in [0, 0.1) is 29.8 Å². The number of nitro benzene ring substituents is 1. The molecule has 4 nitrogen and oxygen atoms in total. The molecule has 0 bridgehead atoms. The average molecular weight is 288 g/mol. The highest BCUT2D eigenvalue weighted by atomic mass is 19.1. The van der Waals surface area contributed by atoms with Gasteiger partial charge in [0.15, 0.2) is 5.82 Å². The Labute approximate surface area is 122 Å². The molecule has 1 unspecified atom stereocenters. The van der Waals surface area contributed by atoms with Crippen LogP contribution in [-0.2, 0) is 0 Å². The van der Waals surface area contributed by atoms with Gasteiger partial charge in [-0.3, -0.25) is 10.1 Å². The summed E-state index contributed by atoms with van der Waals surface area (Å²) in [5.74, 6) is -0.625. The molecule has 0 fully saturated rings. The molecule has 0 spiro atoms. The first-order valence-electron chi connectivity index (χ1n) is 6.65. The Morgan fingerprint density at radius 1 is 1.14 bits per heavy atom. The molecule has 110 valence electrons. The predicted molar refractivity (Wildman–Crippen MR) is 81.0 cm³/mol. The van der Waals surface area contributed by atoms with Gasteiger partial charge in [-0.1, -0.05) is 29.3 Å². The minimum Gasteiger partial charge on any atom is -0.376 e. The lowest BCUT2D eigenvalue weighted by Crippen LogP contribution is -2.08. The SMILES string of the molecule is Cc1cc(C)cc(C(C)Nc2ccc([N+](=O)[O-])cc2F)c1. The molecule has 0 aliphatic heterocycles. The first-order chi connectivity index (χ1) is 9.86. The number of hydrogen-bond acceptors (Lipinski definition) is 3. The van der Waals surface area contributed by atoms with Crippen molar-refractivity contribution in [2.45, 2.75) is 26.8 Å². The quantitative estimate of drug-likeness (QED) is 0.664. The zero-order valence-corrected chi connectivity index (χ0v) is 12.2. The maximum atomic E-state index is 13.9. The predicted octanol–water partition coefficient (Wildman–Crippen LogP) is 4.52. The van der Waals surface area contributed by atoms with Crippen LogP contribution in [0.1, 0.15) is 29.7 Å². The van der Waals surface area contributed by atoms with Crippen molar-refractivity contribution in [3.63, 3.8) is 0 Å². The molecular weight excluding hydrogens is 271 g/mol. The fraction of sp³-hybridized carbons (Fsp3) is 0.250. The molecule has 0 aliphatic carbocycles. The smallest absolute Gasteiger partial charge is 0.272 e. The van der Waals surface area contributed by atoms with Gasteiger partial charge in [0, 0.05) is 12.1 Å². The second-order valence-corrected chi connectivity index (χ2v) is 5.21. The molecule has 2 aromatic rings. The number of rotatable bonds is 4. The zero-order chi connectivity index (χ0) is 15.6. The maximum absolute atomic E-state index is 13.9. The first kappa shape index (κ1) is 15.0. The fourth-order valence-electron chi connectivity index (χ4n) is 2.31. The van der Waals surface area contributed by atoms with Crippen LogP contribution < -0.4 is 5.32 Å². The van der Waals surface area contributed by atoms with E-state index in [9.17, 15) is 14.5 Å². The van der Waals surface area contributed by atoms with Gasteiger partial charge in [-0.15, -0.1) is 0 Å². The lowest BCUT2D eigenvalue weighted by Gasteiger charge is -2.17. The van der Waals surface area contributed by atoms with E-state index in [0.29, 0.717) is 0 Å². The van der Waals surface area contributed by atoms with Crippen molar-refractivity contribution in [2.75, 3.05) is 5.32 Å². The van der Waals surface area contributed by atoms with Crippen LogP contribution in [0.4, 0.5) is 15.8 Å². The fourth-order valence-corrected chi connectivity index (χ4v) is 2.31. The molecule has 0 aliphatic rings. The highest BCUT2D eigenvalue weighted by Crippen LogP contribution is 2.25. The van der Waals surface area contributed by atoms with Crippen molar-refractivity contribution in [3.05, 3.63) is 69.0 Å². The summed E-state index contributed by atoms with van der Waals surface area (Å²) in [6.45, 7) is 5.94. The Kier molecular flexibility index (Phi) is 4.21. The molecule has 1 atom stereocenters. The molecule has 0 heterocycles. The van der Waals surface area contributed by atoms with Crippen molar-refractivity contribution < 1.29 is 9.31 Å². The number of non-ortho nitro benzene ring substituents is 1. The number of hydrogen-bond donors (Lipinski definition) is 1. The third kappa shape index (κ3) is 3.56. The number of aryl methyl sites for hydroxylation is 2. The normalized spacial score (nSPS) is 12.0. The van der Waals surface area contributed by atoms with Crippen LogP contribution in [0.5, 0.6) is 0 Å². The largest absolute Gasteiger partial charge is 0.376 e. The molecule has 0 saturated carbocycles. The van der Waals surface area contributed by atoms with E-state index < -0.39 is 10.7 Å². The molecule has 0 amide bonds. The molecule has 2 aromatic carbocycles. The Bertz CT molecular complexity index is 666. The second-order valence-electron chi connectivity index (χ2n) is 5.21. The standard InChI is InChI=1S/C16H17FN2O2/c1-10-6-11(2)8-13(7-10)12(3)18-16-5-4-14(19(20)21)9-15(16)17/h4-9,12,18H,1-3H3.